The lowest BCUT2D eigenvalue weighted by Gasteiger charge is -2.19. The number of hydrogen-bond acceptors (Lipinski definition) is 3. The molecule has 0 radical (unpaired) electrons. The number of nitrogens with zero attached hydrogens (tertiary/aromatic N) is 1. The fraction of sp³-hybridized carbons (Fsp3) is 0.538. The van der Waals surface area contributed by atoms with Crippen LogP contribution in [0.3, 0.4) is 0 Å². The Morgan fingerprint density at radius 1 is 1.39 bits per heavy atom. The lowest BCUT2D eigenvalue weighted by molar-refractivity contribution is -0.121. The lowest BCUT2D eigenvalue weighted by atomic mass is 10.2. The van der Waals surface area contributed by atoms with E-state index in [0.717, 1.165) is 6.42 Å². The third-order valence-electron chi connectivity index (χ3n) is 2.62. The number of amides is 2. The zero-order chi connectivity index (χ0) is 13.4. The van der Waals surface area contributed by atoms with Crippen molar-refractivity contribution in [2.24, 2.45) is 0 Å². The van der Waals surface area contributed by atoms with Gasteiger partial charge in [-0.25, -0.2) is 0 Å². The van der Waals surface area contributed by atoms with Gasteiger partial charge in [0.15, 0.2) is 0 Å². The molecule has 0 atom stereocenters. The fourth-order valence-electron chi connectivity index (χ4n) is 1.56. The Kier molecular flexibility index (Phi) is 5.97. The first-order valence-corrected chi connectivity index (χ1v) is 6.27. The van der Waals surface area contributed by atoms with Crippen LogP contribution in [0.25, 0.3) is 0 Å². The molecule has 0 aliphatic heterocycles. The van der Waals surface area contributed by atoms with Crippen molar-refractivity contribution in [2.75, 3.05) is 19.6 Å². The van der Waals surface area contributed by atoms with E-state index in [1.54, 1.807) is 11.0 Å². The van der Waals surface area contributed by atoms with Crippen LogP contribution in [0.15, 0.2) is 23.0 Å². The maximum atomic E-state index is 12.0. The van der Waals surface area contributed by atoms with Gasteiger partial charge < -0.3 is 14.6 Å². The number of hydrogen-bond donors (Lipinski definition) is 1. The van der Waals surface area contributed by atoms with Gasteiger partial charge in [-0.15, -0.1) is 0 Å². The Labute approximate surface area is 107 Å². The molecule has 100 valence electrons. The van der Waals surface area contributed by atoms with E-state index in [-0.39, 0.29) is 11.8 Å². The lowest BCUT2D eigenvalue weighted by Crippen LogP contribution is -2.35. The van der Waals surface area contributed by atoms with E-state index in [0.29, 0.717) is 31.6 Å². The molecule has 0 aromatic carbocycles. The Bertz CT molecular complexity index is 374. The number of rotatable bonds is 7. The topological polar surface area (TPSA) is 62.6 Å². The van der Waals surface area contributed by atoms with E-state index >= 15 is 0 Å². The van der Waals surface area contributed by atoms with Crippen LogP contribution >= 0.6 is 0 Å². The van der Waals surface area contributed by atoms with Gasteiger partial charge in [-0.1, -0.05) is 6.92 Å². The van der Waals surface area contributed by atoms with Gasteiger partial charge in [-0.05, 0) is 19.4 Å². The quantitative estimate of drug-likeness (QED) is 0.802. The van der Waals surface area contributed by atoms with Gasteiger partial charge in [0.25, 0.3) is 5.91 Å². The maximum Gasteiger partial charge on any atom is 0.257 e. The molecule has 0 saturated carbocycles. The summed E-state index contributed by atoms with van der Waals surface area (Å²) in [5.74, 6) is -0.121. The fourth-order valence-corrected chi connectivity index (χ4v) is 1.56. The molecule has 0 spiro atoms. The van der Waals surface area contributed by atoms with Crippen molar-refractivity contribution >= 4 is 11.8 Å². The predicted molar refractivity (Wildman–Crippen MR) is 68.2 cm³/mol. The molecule has 0 saturated heterocycles. The zero-order valence-corrected chi connectivity index (χ0v) is 10.9. The van der Waals surface area contributed by atoms with E-state index in [4.69, 9.17) is 4.42 Å². The third kappa shape index (κ3) is 4.24. The highest BCUT2D eigenvalue weighted by atomic mass is 16.3. The van der Waals surface area contributed by atoms with Crippen molar-refractivity contribution < 1.29 is 14.0 Å². The van der Waals surface area contributed by atoms with Gasteiger partial charge in [-0.3, -0.25) is 9.59 Å². The van der Waals surface area contributed by atoms with Crippen molar-refractivity contribution in [3.05, 3.63) is 24.2 Å². The highest BCUT2D eigenvalue weighted by Crippen LogP contribution is 2.06. The molecule has 0 unspecified atom stereocenters. The average molecular weight is 252 g/mol. The first kappa shape index (κ1) is 14.3. The molecule has 1 rings (SSSR count). The Morgan fingerprint density at radius 3 is 2.72 bits per heavy atom. The summed E-state index contributed by atoms with van der Waals surface area (Å²) >= 11 is 0. The summed E-state index contributed by atoms with van der Waals surface area (Å²) in [7, 11) is 0. The smallest absolute Gasteiger partial charge is 0.257 e. The van der Waals surface area contributed by atoms with Crippen LogP contribution in [0.2, 0.25) is 0 Å². The highest BCUT2D eigenvalue weighted by molar-refractivity contribution is 5.94. The molecular formula is C13H20N2O3. The molecule has 18 heavy (non-hydrogen) atoms. The molecular weight excluding hydrogens is 232 g/mol. The second-order valence-electron chi connectivity index (χ2n) is 4.00. The Morgan fingerprint density at radius 2 is 2.17 bits per heavy atom. The second-order valence-corrected chi connectivity index (χ2v) is 4.00. The molecule has 2 amide bonds. The van der Waals surface area contributed by atoms with E-state index < -0.39 is 0 Å². The molecule has 5 heteroatoms. The summed E-state index contributed by atoms with van der Waals surface area (Å²) in [5, 5.41) is 2.79. The molecule has 0 aliphatic carbocycles. The molecule has 0 aliphatic rings. The summed E-state index contributed by atoms with van der Waals surface area (Å²) in [6.07, 6.45) is 4.13. The van der Waals surface area contributed by atoms with Crippen LogP contribution in [-0.4, -0.2) is 36.3 Å². The number of furan rings is 1. The van der Waals surface area contributed by atoms with Gasteiger partial charge >= 0.3 is 0 Å². The van der Waals surface area contributed by atoms with Crippen molar-refractivity contribution in [2.45, 2.75) is 26.7 Å². The molecule has 0 fully saturated rings. The Hall–Kier alpha value is -1.78. The van der Waals surface area contributed by atoms with Crippen LogP contribution in [-0.2, 0) is 4.79 Å². The minimum absolute atomic E-state index is 0.0182. The molecule has 1 heterocycles. The summed E-state index contributed by atoms with van der Waals surface area (Å²) < 4.78 is 4.88. The van der Waals surface area contributed by atoms with Crippen LogP contribution in [0, 0.1) is 0 Å². The van der Waals surface area contributed by atoms with Gasteiger partial charge in [0.2, 0.25) is 5.91 Å². The van der Waals surface area contributed by atoms with Gasteiger partial charge in [0.1, 0.15) is 6.26 Å². The van der Waals surface area contributed by atoms with E-state index in [1.807, 2.05) is 13.8 Å². The standard InChI is InChI=1S/C13H20N2O3/c1-3-7-14-12(16)5-8-15(4-2)13(17)11-6-9-18-10-11/h6,9-10H,3-5,7-8H2,1-2H3,(H,14,16). The minimum atomic E-state index is -0.102. The van der Waals surface area contributed by atoms with E-state index in [9.17, 15) is 9.59 Å². The molecule has 1 aromatic rings. The molecule has 1 aromatic heterocycles. The zero-order valence-electron chi connectivity index (χ0n) is 10.9. The first-order valence-electron chi connectivity index (χ1n) is 6.27. The monoisotopic (exact) mass is 252 g/mol. The number of carbonyl (C=O) groups is 2. The van der Waals surface area contributed by atoms with E-state index in [2.05, 4.69) is 5.32 Å². The van der Waals surface area contributed by atoms with Crippen molar-refractivity contribution in [3.8, 4) is 0 Å². The van der Waals surface area contributed by atoms with E-state index in [1.165, 1.54) is 12.5 Å². The van der Waals surface area contributed by atoms with Crippen LogP contribution in [0.5, 0.6) is 0 Å². The number of nitrogens with one attached hydrogen (secondary N) is 1. The van der Waals surface area contributed by atoms with Crippen molar-refractivity contribution in [1.29, 1.82) is 0 Å². The molecule has 5 nitrogen and oxygen atoms in total. The van der Waals surface area contributed by atoms with Crippen molar-refractivity contribution in [3.63, 3.8) is 0 Å². The molecule has 1 N–H and O–H groups in total. The first-order chi connectivity index (χ1) is 8.69. The normalized spacial score (nSPS) is 10.1. The number of carbonyl (C=O) groups excluding carboxylic acids is 2. The predicted octanol–water partition coefficient (Wildman–Crippen LogP) is 1.66. The van der Waals surface area contributed by atoms with Crippen LogP contribution < -0.4 is 5.32 Å². The highest BCUT2D eigenvalue weighted by Gasteiger charge is 2.15. The third-order valence-corrected chi connectivity index (χ3v) is 2.62. The minimum Gasteiger partial charge on any atom is -0.472 e. The van der Waals surface area contributed by atoms with Gasteiger partial charge in [-0.2, -0.15) is 0 Å². The maximum absolute atomic E-state index is 12.0. The summed E-state index contributed by atoms with van der Waals surface area (Å²) in [4.78, 5) is 25.1. The molecule has 0 bridgehead atoms. The van der Waals surface area contributed by atoms with Gasteiger partial charge in [0.05, 0.1) is 11.8 Å². The SMILES string of the molecule is CCCNC(=O)CCN(CC)C(=O)c1ccoc1. The summed E-state index contributed by atoms with van der Waals surface area (Å²) in [6, 6.07) is 1.63. The average Bonchev–Trinajstić information content (AvgIpc) is 2.90. The Balaban J connectivity index is 2.42. The van der Waals surface area contributed by atoms with Crippen LogP contribution in [0.4, 0.5) is 0 Å². The summed E-state index contributed by atoms with van der Waals surface area (Å²) in [5.41, 5.74) is 0.519. The second kappa shape index (κ2) is 7.53. The summed E-state index contributed by atoms with van der Waals surface area (Å²) in [6.45, 7) is 5.57. The van der Waals surface area contributed by atoms with Crippen LogP contribution in [0.1, 0.15) is 37.0 Å². The largest absolute Gasteiger partial charge is 0.472 e. The van der Waals surface area contributed by atoms with Gasteiger partial charge in [0, 0.05) is 26.1 Å². The van der Waals surface area contributed by atoms with Crippen molar-refractivity contribution in [1.82, 2.24) is 10.2 Å².